The molecule has 0 aliphatic carbocycles. The lowest BCUT2D eigenvalue weighted by Crippen LogP contribution is -2.35. The third-order valence-corrected chi connectivity index (χ3v) is 3.91. The molecule has 24 heavy (non-hydrogen) atoms. The minimum absolute atomic E-state index is 0.00292. The van der Waals surface area contributed by atoms with Gasteiger partial charge in [0, 0.05) is 25.7 Å². The van der Waals surface area contributed by atoms with E-state index in [-0.39, 0.29) is 24.4 Å². The van der Waals surface area contributed by atoms with E-state index in [4.69, 9.17) is 0 Å². The van der Waals surface area contributed by atoms with Crippen LogP contribution in [-0.4, -0.2) is 30.4 Å². The van der Waals surface area contributed by atoms with Crippen LogP contribution < -0.4 is 10.6 Å². The Kier molecular flexibility index (Phi) is 6.37. The second kappa shape index (κ2) is 8.72. The van der Waals surface area contributed by atoms with E-state index < -0.39 is 0 Å². The Balaban J connectivity index is 1.75. The molecule has 5 heteroatoms. The summed E-state index contributed by atoms with van der Waals surface area (Å²) in [5, 5.41) is 5.42. The van der Waals surface area contributed by atoms with Gasteiger partial charge < -0.3 is 15.5 Å². The predicted molar refractivity (Wildman–Crippen MR) is 95.7 cm³/mol. The first-order valence-corrected chi connectivity index (χ1v) is 7.98. The molecule has 0 saturated carbocycles. The van der Waals surface area contributed by atoms with Gasteiger partial charge in [0.15, 0.2) is 0 Å². The number of rotatable bonds is 6. The van der Waals surface area contributed by atoms with E-state index in [2.05, 4.69) is 10.6 Å². The first kappa shape index (κ1) is 17.5. The normalized spacial score (nSPS) is 11.4. The molecule has 5 nitrogen and oxygen atoms in total. The van der Waals surface area contributed by atoms with Gasteiger partial charge in [0.2, 0.25) is 5.91 Å². The van der Waals surface area contributed by atoms with Crippen LogP contribution >= 0.6 is 0 Å². The SMILES string of the molecule is C[C@H](c1ccccc1)N(C)C(=O)CCNC(=O)Nc1ccccc1. The van der Waals surface area contributed by atoms with Gasteiger partial charge in [-0.05, 0) is 24.6 Å². The third-order valence-electron chi connectivity index (χ3n) is 3.91. The molecular formula is C19H23N3O2. The van der Waals surface area contributed by atoms with Crippen molar-refractivity contribution in [3.8, 4) is 0 Å². The summed E-state index contributed by atoms with van der Waals surface area (Å²) in [5.41, 5.74) is 1.80. The average molecular weight is 325 g/mol. The van der Waals surface area contributed by atoms with Crippen molar-refractivity contribution in [2.45, 2.75) is 19.4 Å². The van der Waals surface area contributed by atoms with Crippen LogP contribution in [-0.2, 0) is 4.79 Å². The van der Waals surface area contributed by atoms with E-state index in [0.29, 0.717) is 6.54 Å². The second-order valence-corrected chi connectivity index (χ2v) is 5.59. The highest BCUT2D eigenvalue weighted by Crippen LogP contribution is 2.18. The maximum Gasteiger partial charge on any atom is 0.319 e. The van der Waals surface area contributed by atoms with Gasteiger partial charge in [-0.15, -0.1) is 0 Å². The summed E-state index contributed by atoms with van der Waals surface area (Å²) in [4.78, 5) is 25.7. The predicted octanol–water partition coefficient (Wildman–Crippen LogP) is 3.42. The molecule has 0 heterocycles. The van der Waals surface area contributed by atoms with E-state index in [0.717, 1.165) is 11.3 Å². The molecule has 126 valence electrons. The molecule has 2 aromatic rings. The monoisotopic (exact) mass is 325 g/mol. The van der Waals surface area contributed by atoms with Crippen molar-refractivity contribution in [2.75, 3.05) is 18.9 Å². The lowest BCUT2D eigenvalue weighted by molar-refractivity contribution is -0.131. The quantitative estimate of drug-likeness (QED) is 0.855. The smallest absolute Gasteiger partial charge is 0.319 e. The average Bonchev–Trinajstić information content (AvgIpc) is 2.62. The molecule has 0 aliphatic heterocycles. The van der Waals surface area contributed by atoms with Crippen molar-refractivity contribution in [3.05, 3.63) is 66.2 Å². The molecule has 0 bridgehead atoms. The van der Waals surface area contributed by atoms with Crippen molar-refractivity contribution in [3.63, 3.8) is 0 Å². The number of anilines is 1. The zero-order valence-electron chi connectivity index (χ0n) is 14.0. The highest BCUT2D eigenvalue weighted by Gasteiger charge is 2.16. The number of carbonyl (C=O) groups is 2. The molecule has 0 aliphatic rings. The van der Waals surface area contributed by atoms with Crippen LogP contribution in [0, 0.1) is 0 Å². The molecule has 2 rings (SSSR count). The fourth-order valence-corrected chi connectivity index (χ4v) is 2.33. The van der Waals surface area contributed by atoms with E-state index in [1.54, 1.807) is 24.1 Å². The van der Waals surface area contributed by atoms with Gasteiger partial charge >= 0.3 is 6.03 Å². The van der Waals surface area contributed by atoms with Gasteiger partial charge in [-0.3, -0.25) is 4.79 Å². The van der Waals surface area contributed by atoms with Crippen LogP contribution in [0.5, 0.6) is 0 Å². The number of hydrogen-bond donors (Lipinski definition) is 2. The van der Waals surface area contributed by atoms with Gasteiger partial charge in [0.05, 0.1) is 6.04 Å². The number of para-hydroxylation sites is 1. The summed E-state index contributed by atoms with van der Waals surface area (Å²) >= 11 is 0. The van der Waals surface area contributed by atoms with E-state index in [1.165, 1.54) is 0 Å². The number of amides is 3. The number of hydrogen-bond acceptors (Lipinski definition) is 2. The first-order chi connectivity index (χ1) is 11.6. The Morgan fingerprint density at radius 1 is 1.00 bits per heavy atom. The van der Waals surface area contributed by atoms with E-state index in [1.807, 2.05) is 55.5 Å². The van der Waals surface area contributed by atoms with Crippen LogP contribution in [0.3, 0.4) is 0 Å². The molecule has 0 unspecified atom stereocenters. The van der Waals surface area contributed by atoms with Gasteiger partial charge in [0.25, 0.3) is 0 Å². The minimum Gasteiger partial charge on any atom is -0.339 e. The van der Waals surface area contributed by atoms with Crippen molar-refractivity contribution >= 4 is 17.6 Å². The van der Waals surface area contributed by atoms with Crippen molar-refractivity contribution in [1.82, 2.24) is 10.2 Å². The van der Waals surface area contributed by atoms with Crippen LogP contribution in [0.2, 0.25) is 0 Å². The van der Waals surface area contributed by atoms with Crippen LogP contribution in [0.1, 0.15) is 24.9 Å². The standard InChI is InChI=1S/C19H23N3O2/c1-15(16-9-5-3-6-10-16)22(2)18(23)13-14-20-19(24)21-17-11-7-4-8-12-17/h3-12,15H,13-14H2,1-2H3,(H2,20,21,24)/t15-/m1/s1. The largest absolute Gasteiger partial charge is 0.339 e. The molecule has 3 amide bonds. The number of nitrogens with one attached hydrogen (secondary N) is 2. The van der Waals surface area contributed by atoms with Crippen LogP contribution in [0.15, 0.2) is 60.7 Å². The number of benzene rings is 2. The van der Waals surface area contributed by atoms with E-state index >= 15 is 0 Å². The summed E-state index contributed by atoms with van der Waals surface area (Å²) in [6.07, 6.45) is 0.260. The Morgan fingerprint density at radius 2 is 1.58 bits per heavy atom. The Labute approximate surface area is 142 Å². The molecule has 0 saturated heterocycles. The molecule has 0 fully saturated rings. The lowest BCUT2D eigenvalue weighted by atomic mass is 10.1. The third kappa shape index (κ3) is 5.12. The molecule has 2 aromatic carbocycles. The summed E-state index contributed by atoms with van der Waals surface area (Å²) in [5.74, 6) is -0.00800. The molecule has 0 spiro atoms. The van der Waals surface area contributed by atoms with Crippen LogP contribution in [0.25, 0.3) is 0 Å². The fourth-order valence-electron chi connectivity index (χ4n) is 2.33. The number of nitrogens with zero attached hydrogens (tertiary/aromatic N) is 1. The maximum atomic E-state index is 12.3. The first-order valence-electron chi connectivity index (χ1n) is 7.98. The maximum absolute atomic E-state index is 12.3. The van der Waals surface area contributed by atoms with Crippen LogP contribution in [0.4, 0.5) is 10.5 Å². The molecule has 2 N–H and O–H groups in total. The highest BCUT2D eigenvalue weighted by molar-refractivity contribution is 5.89. The van der Waals surface area contributed by atoms with Gasteiger partial charge in [-0.2, -0.15) is 0 Å². The lowest BCUT2D eigenvalue weighted by Gasteiger charge is -2.25. The molecule has 1 atom stereocenters. The van der Waals surface area contributed by atoms with Crippen molar-refractivity contribution < 1.29 is 9.59 Å². The highest BCUT2D eigenvalue weighted by atomic mass is 16.2. The zero-order valence-corrected chi connectivity index (χ0v) is 14.0. The second-order valence-electron chi connectivity index (χ2n) is 5.59. The van der Waals surface area contributed by atoms with Crippen molar-refractivity contribution in [1.29, 1.82) is 0 Å². The molecular weight excluding hydrogens is 302 g/mol. The zero-order chi connectivity index (χ0) is 17.4. The summed E-state index contributed by atoms with van der Waals surface area (Å²) in [6, 6.07) is 18.7. The minimum atomic E-state index is -0.312. The summed E-state index contributed by atoms with van der Waals surface area (Å²) < 4.78 is 0. The Bertz CT molecular complexity index is 659. The number of urea groups is 1. The molecule has 0 aromatic heterocycles. The summed E-state index contributed by atoms with van der Waals surface area (Å²) in [7, 11) is 1.78. The Hall–Kier alpha value is -2.82. The number of carbonyl (C=O) groups excluding carboxylic acids is 2. The van der Waals surface area contributed by atoms with Gasteiger partial charge in [-0.25, -0.2) is 4.79 Å². The van der Waals surface area contributed by atoms with Gasteiger partial charge in [0.1, 0.15) is 0 Å². The topological polar surface area (TPSA) is 61.4 Å². The van der Waals surface area contributed by atoms with Crippen molar-refractivity contribution in [2.24, 2.45) is 0 Å². The summed E-state index contributed by atoms with van der Waals surface area (Å²) in [6.45, 7) is 2.28. The van der Waals surface area contributed by atoms with Gasteiger partial charge in [-0.1, -0.05) is 48.5 Å². The Morgan fingerprint density at radius 3 is 2.21 bits per heavy atom. The molecule has 0 radical (unpaired) electrons. The fraction of sp³-hybridized carbons (Fsp3) is 0.263. The van der Waals surface area contributed by atoms with E-state index in [9.17, 15) is 9.59 Å².